The summed E-state index contributed by atoms with van der Waals surface area (Å²) in [6.45, 7) is 2.80. The number of hydrogen-bond donors (Lipinski definition) is 1. The van der Waals surface area contributed by atoms with Gasteiger partial charge in [0, 0.05) is 19.6 Å². The summed E-state index contributed by atoms with van der Waals surface area (Å²) in [6.07, 6.45) is 8.00. The summed E-state index contributed by atoms with van der Waals surface area (Å²) in [5.41, 5.74) is 5.89. The van der Waals surface area contributed by atoms with Crippen molar-refractivity contribution in [3.05, 3.63) is 0 Å². The van der Waals surface area contributed by atoms with Gasteiger partial charge in [-0.05, 0) is 19.8 Å². The Kier molecular flexibility index (Phi) is 4.77. The quantitative estimate of drug-likeness (QED) is 0.418. The summed E-state index contributed by atoms with van der Waals surface area (Å²) in [5.74, 6) is 0.708. The lowest BCUT2D eigenvalue weighted by atomic mass is 10.1. The SMILES string of the molecule is CCN=C(N)N(C)C1CCCCCC1. The number of hydrogen-bond acceptors (Lipinski definition) is 1. The van der Waals surface area contributed by atoms with Gasteiger partial charge in [0.1, 0.15) is 0 Å². The second-order valence-electron chi connectivity index (χ2n) is 4.09. The second kappa shape index (κ2) is 5.89. The minimum absolute atomic E-state index is 0.618. The summed E-state index contributed by atoms with van der Waals surface area (Å²) in [4.78, 5) is 6.41. The molecule has 0 heterocycles. The number of nitrogens with zero attached hydrogens (tertiary/aromatic N) is 2. The van der Waals surface area contributed by atoms with E-state index in [0.29, 0.717) is 12.0 Å². The number of guanidine groups is 1. The number of nitrogens with two attached hydrogens (primary N) is 1. The topological polar surface area (TPSA) is 41.6 Å². The molecule has 1 saturated carbocycles. The minimum atomic E-state index is 0.618. The standard InChI is InChI=1S/C11H23N3/c1-3-13-11(12)14(2)10-8-6-4-5-7-9-10/h10H,3-9H2,1-2H3,(H2,12,13). The first-order valence-corrected chi connectivity index (χ1v) is 5.78. The van der Waals surface area contributed by atoms with Crippen LogP contribution in [0.25, 0.3) is 0 Å². The van der Waals surface area contributed by atoms with Gasteiger partial charge in [-0.3, -0.25) is 4.99 Å². The first-order valence-electron chi connectivity index (χ1n) is 5.78. The van der Waals surface area contributed by atoms with Gasteiger partial charge >= 0.3 is 0 Å². The van der Waals surface area contributed by atoms with E-state index < -0.39 is 0 Å². The Hall–Kier alpha value is -0.730. The van der Waals surface area contributed by atoms with Gasteiger partial charge in [-0.15, -0.1) is 0 Å². The average molecular weight is 197 g/mol. The molecule has 14 heavy (non-hydrogen) atoms. The van der Waals surface area contributed by atoms with E-state index in [2.05, 4.69) is 16.9 Å². The van der Waals surface area contributed by atoms with Crippen molar-refractivity contribution in [3.8, 4) is 0 Å². The Labute approximate surface area is 87.4 Å². The molecule has 0 amide bonds. The average Bonchev–Trinajstić information content (AvgIpc) is 2.45. The Balaban J connectivity index is 2.48. The molecular formula is C11H23N3. The van der Waals surface area contributed by atoms with E-state index in [-0.39, 0.29) is 0 Å². The Bertz CT molecular complexity index is 181. The summed E-state index contributed by atoms with van der Waals surface area (Å²) in [5, 5.41) is 0. The third-order valence-electron chi connectivity index (χ3n) is 3.05. The summed E-state index contributed by atoms with van der Waals surface area (Å²) >= 11 is 0. The van der Waals surface area contributed by atoms with Crippen molar-refractivity contribution in [3.63, 3.8) is 0 Å². The van der Waals surface area contributed by atoms with Gasteiger partial charge in [0.25, 0.3) is 0 Å². The van der Waals surface area contributed by atoms with E-state index in [4.69, 9.17) is 5.73 Å². The van der Waals surface area contributed by atoms with Crippen molar-refractivity contribution in [1.82, 2.24) is 4.90 Å². The van der Waals surface area contributed by atoms with Crippen LogP contribution in [0.15, 0.2) is 4.99 Å². The normalized spacial score (nSPS) is 20.6. The van der Waals surface area contributed by atoms with Crippen LogP contribution in [0.5, 0.6) is 0 Å². The van der Waals surface area contributed by atoms with Crippen molar-refractivity contribution in [2.45, 2.75) is 51.5 Å². The fourth-order valence-electron chi connectivity index (χ4n) is 2.11. The van der Waals surface area contributed by atoms with E-state index in [1.54, 1.807) is 0 Å². The van der Waals surface area contributed by atoms with Crippen molar-refractivity contribution < 1.29 is 0 Å². The van der Waals surface area contributed by atoms with E-state index >= 15 is 0 Å². The molecule has 0 aromatic carbocycles. The Morgan fingerprint density at radius 3 is 2.36 bits per heavy atom. The van der Waals surface area contributed by atoms with Crippen LogP contribution in [0.2, 0.25) is 0 Å². The maximum absolute atomic E-state index is 5.89. The second-order valence-corrected chi connectivity index (χ2v) is 4.09. The van der Waals surface area contributed by atoms with Crippen LogP contribution in [-0.4, -0.2) is 30.5 Å². The molecule has 0 spiro atoms. The molecule has 2 N–H and O–H groups in total. The highest BCUT2D eigenvalue weighted by Crippen LogP contribution is 2.20. The van der Waals surface area contributed by atoms with E-state index in [0.717, 1.165) is 6.54 Å². The number of rotatable bonds is 2. The predicted molar refractivity (Wildman–Crippen MR) is 61.4 cm³/mol. The van der Waals surface area contributed by atoms with Gasteiger partial charge < -0.3 is 10.6 Å². The van der Waals surface area contributed by atoms with E-state index in [1.807, 2.05) is 6.92 Å². The van der Waals surface area contributed by atoms with Gasteiger partial charge in [-0.25, -0.2) is 0 Å². The fourth-order valence-corrected chi connectivity index (χ4v) is 2.11. The minimum Gasteiger partial charge on any atom is -0.370 e. The van der Waals surface area contributed by atoms with Crippen LogP contribution in [0.1, 0.15) is 45.4 Å². The molecule has 0 saturated heterocycles. The van der Waals surface area contributed by atoms with Gasteiger partial charge in [-0.1, -0.05) is 25.7 Å². The summed E-state index contributed by atoms with van der Waals surface area (Å²) in [7, 11) is 2.07. The highest BCUT2D eigenvalue weighted by Gasteiger charge is 2.17. The molecule has 1 aliphatic carbocycles. The molecule has 0 radical (unpaired) electrons. The van der Waals surface area contributed by atoms with Crippen LogP contribution < -0.4 is 5.73 Å². The lowest BCUT2D eigenvalue weighted by Crippen LogP contribution is -2.41. The first-order chi connectivity index (χ1) is 6.75. The number of aliphatic imine (C=N–C) groups is 1. The molecular weight excluding hydrogens is 174 g/mol. The lowest BCUT2D eigenvalue weighted by molar-refractivity contribution is 0.326. The zero-order valence-corrected chi connectivity index (χ0v) is 9.50. The van der Waals surface area contributed by atoms with E-state index in [9.17, 15) is 0 Å². The molecule has 3 heteroatoms. The Morgan fingerprint density at radius 1 is 1.29 bits per heavy atom. The van der Waals surface area contributed by atoms with Crippen molar-refractivity contribution in [1.29, 1.82) is 0 Å². The molecule has 1 fully saturated rings. The monoisotopic (exact) mass is 197 g/mol. The van der Waals surface area contributed by atoms with Gasteiger partial charge in [0.2, 0.25) is 0 Å². The van der Waals surface area contributed by atoms with Crippen molar-refractivity contribution in [2.75, 3.05) is 13.6 Å². The molecule has 82 valence electrons. The van der Waals surface area contributed by atoms with Crippen LogP contribution >= 0.6 is 0 Å². The molecule has 0 aliphatic heterocycles. The highest BCUT2D eigenvalue weighted by atomic mass is 15.2. The third-order valence-corrected chi connectivity index (χ3v) is 3.05. The molecule has 3 nitrogen and oxygen atoms in total. The first kappa shape index (κ1) is 11.3. The van der Waals surface area contributed by atoms with Gasteiger partial charge in [0.05, 0.1) is 0 Å². The van der Waals surface area contributed by atoms with E-state index in [1.165, 1.54) is 38.5 Å². The van der Waals surface area contributed by atoms with Crippen molar-refractivity contribution in [2.24, 2.45) is 10.7 Å². The predicted octanol–water partition coefficient (Wildman–Crippen LogP) is 1.98. The Morgan fingerprint density at radius 2 is 1.86 bits per heavy atom. The lowest BCUT2D eigenvalue weighted by Gasteiger charge is -2.27. The van der Waals surface area contributed by atoms with Crippen LogP contribution in [0.4, 0.5) is 0 Å². The van der Waals surface area contributed by atoms with Gasteiger partial charge in [-0.2, -0.15) is 0 Å². The van der Waals surface area contributed by atoms with Gasteiger partial charge in [0.15, 0.2) is 5.96 Å². The molecule has 0 atom stereocenters. The van der Waals surface area contributed by atoms with Crippen LogP contribution in [-0.2, 0) is 0 Å². The smallest absolute Gasteiger partial charge is 0.191 e. The largest absolute Gasteiger partial charge is 0.370 e. The summed E-state index contributed by atoms with van der Waals surface area (Å²) < 4.78 is 0. The molecule has 1 aliphatic rings. The maximum Gasteiger partial charge on any atom is 0.191 e. The van der Waals surface area contributed by atoms with Crippen molar-refractivity contribution >= 4 is 5.96 Å². The summed E-state index contributed by atoms with van der Waals surface area (Å²) in [6, 6.07) is 0.618. The van der Waals surface area contributed by atoms with Crippen LogP contribution in [0, 0.1) is 0 Å². The maximum atomic E-state index is 5.89. The van der Waals surface area contributed by atoms with Crippen LogP contribution in [0.3, 0.4) is 0 Å². The molecule has 0 bridgehead atoms. The fraction of sp³-hybridized carbons (Fsp3) is 0.909. The molecule has 0 unspecified atom stereocenters. The third kappa shape index (κ3) is 3.20. The zero-order chi connectivity index (χ0) is 10.4. The molecule has 0 aromatic rings. The molecule has 1 rings (SSSR count). The highest BCUT2D eigenvalue weighted by molar-refractivity contribution is 5.78. The molecule has 0 aromatic heterocycles. The zero-order valence-electron chi connectivity index (χ0n) is 9.50.